The lowest BCUT2D eigenvalue weighted by Gasteiger charge is -2.17. The summed E-state index contributed by atoms with van der Waals surface area (Å²) in [6, 6.07) is 8.75. The van der Waals surface area contributed by atoms with Gasteiger partial charge in [-0.05, 0) is 49.7 Å². The largest absolute Gasteiger partial charge is 0.404 e. The van der Waals surface area contributed by atoms with Gasteiger partial charge in [-0.2, -0.15) is 0 Å². The maximum absolute atomic E-state index is 5.79. The Bertz CT molecular complexity index is 564. The molecule has 2 nitrogen and oxygen atoms in total. The highest BCUT2D eigenvalue weighted by Crippen LogP contribution is 2.27. The number of hydrogen-bond donors (Lipinski definition) is 1. The van der Waals surface area contributed by atoms with Crippen molar-refractivity contribution in [2.75, 3.05) is 18.0 Å². The highest BCUT2D eigenvalue weighted by atomic mass is 15.1. The number of benzene rings is 1. The van der Waals surface area contributed by atoms with Gasteiger partial charge >= 0.3 is 0 Å². The molecule has 112 valence electrons. The van der Waals surface area contributed by atoms with E-state index in [9.17, 15) is 0 Å². The van der Waals surface area contributed by atoms with Gasteiger partial charge in [0.1, 0.15) is 0 Å². The van der Waals surface area contributed by atoms with E-state index in [1.807, 2.05) is 0 Å². The first-order valence-electron chi connectivity index (χ1n) is 7.59. The molecule has 0 aliphatic carbocycles. The summed E-state index contributed by atoms with van der Waals surface area (Å²) in [5.41, 5.74) is 12.2. The zero-order valence-electron chi connectivity index (χ0n) is 13.4. The van der Waals surface area contributed by atoms with Gasteiger partial charge in [-0.1, -0.05) is 42.8 Å². The summed E-state index contributed by atoms with van der Waals surface area (Å²) in [5.74, 6) is 0.316. The van der Waals surface area contributed by atoms with Crippen LogP contribution in [-0.4, -0.2) is 13.1 Å². The van der Waals surface area contributed by atoms with Crippen LogP contribution in [0.15, 0.2) is 59.8 Å². The SMILES string of the molecule is C=C(C)C(C)C(=C/N)/C=C1\CCN(c2ccc(C)cc2)C1. The molecular formula is C19H26N2. The van der Waals surface area contributed by atoms with Crippen LogP contribution in [0.3, 0.4) is 0 Å². The van der Waals surface area contributed by atoms with Crippen LogP contribution in [0.4, 0.5) is 5.69 Å². The third kappa shape index (κ3) is 3.78. The number of aryl methyl sites for hydroxylation is 1. The van der Waals surface area contributed by atoms with Gasteiger partial charge in [-0.15, -0.1) is 0 Å². The molecule has 1 atom stereocenters. The van der Waals surface area contributed by atoms with E-state index in [0.717, 1.165) is 25.1 Å². The summed E-state index contributed by atoms with van der Waals surface area (Å²) in [4.78, 5) is 2.42. The van der Waals surface area contributed by atoms with Crippen molar-refractivity contribution in [3.8, 4) is 0 Å². The number of nitrogens with two attached hydrogens (primary N) is 1. The van der Waals surface area contributed by atoms with E-state index in [0.29, 0.717) is 5.92 Å². The van der Waals surface area contributed by atoms with Crippen molar-refractivity contribution in [3.63, 3.8) is 0 Å². The van der Waals surface area contributed by atoms with E-state index in [2.05, 4.69) is 62.6 Å². The molecule has 0 amide bonds. The van der Waals surface area contributed by atoms with Crippen molar-refractivity contribution in [2.24, 2.45) is 11.7 Å². The van der Waals surface area contributed by atoms with Gasteiger partial charge in [0.25, 0.3) is 0 Å². The molecule has 1 aliphatic heterocycles. The lowest BCUT2D eigenvalue weighted by atomic mass is 9.93. The van der Waals surface area contributed by atoms with Crippen LogP contribution >= 0.6 is 0 Å². The van der Waals surface area contributed by atoms with Gasteiger partial charge < -0.3 is 10.6 Å². The fourth-order valence-corrected chi connectivity index (χ4v) is 2.61. The summed E-state index contributed by atoms with van der Waals surface area (Å²) in [7, 11) is 0. The van der Waals surface area contributed by atoms with Crippen LogP contribution < -0.4 is 10.6 Å². The minimum absolute atomic E-state index is 0.316. The zero-order valence-corrected chi connectivity index (χ0v) is 13.4. The molecule has 0 aromatic heterocycles. The minimum Gasteiger partial charge on any atom is -0.404 e. The summed E-state index contributed by atoms with van der Waals surface area (Å²) in [6.07, 6.45) is 5.09. The molecule has 0 radical (unpaired) electrons. The van der Waals surface area contributed by atoms with Gasteiger partial charge in [0.2, 0.25) is 0 Å². The highest BCUT2D eigenvalue weighted by molar-refractivity contribution is 5.51. The molecule has 0 bridgehead atoms. The molecule has 0 spiro atoms. The van der Waals surface area contributed by atoms with Crippen LogP contribution in [0.2, 0.25) is 0 Å². The molecule has 1 aliphatic rings. The Morgan fingerprint density at radius 2 is 2.00 bits per heavy atom. The van der Waals surface area contributed by atoms with Gasteiger partial charge in [-0.3, -0.25) is 0 Å². The normalized spacial score (nSPS) is 19.1. The van der Waals surface area contributed by atoms with Gasteiger partial charge in [0, 0.05) is 24.7 Å². The number of anilines is 1. The lowest BCUT2D eigenvalue weighted by Crippen LogP contribution is -2.17. The predicted molar refractivity (Wildman–Crippen MR) is 92.3 cm³/mol. The average Bonchev–Trinajstić information content (AvgIpc) is 2.93. The van der Waals surface area contributed by atoms with E-state index in [1.165, 1.54) is 22.4 Å². The van der Waals surface area contributed by atoms with Crippen LogP contribution in [0.1, 0.15) is 25.8 Å². The summed E-state index contributed by atoms with van der Waals surface area (Å²) in [6.45, 7) is 12.4. The van der Waals surface area contributed by atoms with Gasteiger partial charge in [-0.25, -0.2) is 0 Å². The standard InChI is InChI=1S/C19H26N2/c1-14(2)16(4)18(12-20)11-17-9-10-21(13-17)19-7-5-15(3)6-8-19/h5-8,11-12,16H,1,9-10,13,20H2,2-4H3/b17-11+,18-12+. The molecule has 1 heterocycles. The van der Waals surface area contributed by atoms with Crippen molar-refractivity contribution in [3.05, 3.63) is 65.4 Å². The van der Waals surface area contributed by atoms with Crippen LogP contribution in [0.5, 0.6) is 0 Å². The van der Waals surface area contributed by atoms with E-state index in [1.54, 1.807) is 6.20 Å². The monoisotopic (exact) mass is 282 g/mol. The topological polar surface area (TPSA) is 29.3 Å². The lowest BCUT2D eigenvalue weighted by molar-refractivity contribution is 0.820. The predicted octanol–water partition coefficient (Wildman–Crippen LogP) is 4.19. The van der Waals surface area contributed by atoms with Crippen molar-refractivity contribution in [1.82, 2.24) is 0 Å². The fourth-order valence-electron chi connectivity index (χ4n) is 2.61. The fraction of sp³-hybridized carbons (Fsp3) is 0.368. The summed E-state index contributed by atoms with van der Waals surface area (Å²) < 4.78 is 0. The molecule has 21 heavy (non-hydrogen) atoms. The van der Waals surface area contributed by atoms with Crippen molar-refractivity contribution in [2.45, 2.75) is 27.2 Å². The maximum atomic E-state index is 5.79. The minimum atomic E-state index is 0.316. The Kier molecular flexibility index (Phi) is 4.89. The van der Waals surface area contributed by atoms with Gasteiger partial charge in [0.05, 0.1) is 0 Å². The second kappa shape index (κ2) is 6.66. The summed E-state index contributed by atoms with van der Waals surface area (Å²) >= 11 is 0. The number of nitrogens with zero attached hydrogens (tertiary/aromatic N) is 1. The molecule has 0 saturated carbocycles. The molecule has 1 aromatic carbocycles. The van der Waals surface area contributed by atoms with Gasteiger partial charge in [0.15, 0.2) is 0 Å². The highest BCUT2D eigenvalue weighted by Gasteiger charge is 2.18. The average molecular weight is 282 g/mol. The van der Waals surface area contributed by atoms with E-state index >= 15 is 0 Å². The van der Waals surface area contributed by atoms with Crippen molar-refractivity contribution >= 4 is 5.69 Å². The molecule has 2 heteroatoms. The molecule has 1 aromatic rings. The molecule has 1 saturated heterocycles. The Morgan fingerprint density at radius 1 is 1.33 bits per heavy atom. The third-order valence-electron chi connectivity index (χ3n) is 4.30. The number of rotatable bonds is 4. The van der Waals surface area contributed by atoms with Crippen LogP contribution in [0.25, 0.3) is 0 Å². The van der Waals surface area contributed by atoms with Crippen LogP contribution in [0, 0.1) is 12.8 Å². The quantitative estimate of drug-likeness (QED) is 0.839. The smallest absolute Gasteiger partial charge is 0.0392 e. The first-order valence-corrected chi connectivity index (χ1v) is 7.59. The third-order valence-corrected chi connectivity index (χ3v) is 4.30. The van der Waals surface area contributed by atoms with E-state index in [4.69, 9.17) is 5.73 Å². The first kappa shape index (κ1) is 15.4. The molecule has 1 fully saturated rings. The van der Waals surface area contributed by atoms with Crippen LogP contribution in [-0.2, 0) is 0 Å². The van der Waals surface area contributed by atoms with Crippen molar-refractivity contribution < 1.29 is 0 Å². The molecule has 1 unspecified atom stereocenters. The second-order valence-corrected chi connectivity index (χ2v) is 6.04. The Hall–Kier alpha value is -1.96. The Balaban J connectivity index is 2.09. The Morgan fingerprint density at radius 3 is 2.57 bits per heavy atom. The van der Waals surface area contributed by atoms with E-state index < -0.39 is 0 Å². The molecule has 2 rings (SSSR count). The number of hydrogen-bond acceptors (Lipinski definition) is 2. The zero-order chi connectivity index (χ0) is 15.4. The van der Waals surface area contributed by atoms with Crippen molar-refractivity contribution in [1.29, 1.82) is 0 Å². The Labute approximate surface area is 128 Å². The first-order chi connectivity index (χ1) is 10.0. The molecular weight excluding hydrogens is 256 g/mol. The van der Waals surface area contributed by atoms with E-state index in [-0.39, 0.29) is 0 Å². The number of allylic oxidation sites excluding steroid dienone is 3. The summed E-state index contributed by atoms with van der Waals surface area (Å²) in [5, 5.41) is 0. The second-order valence-electron chi connectivity index (χ2n) is 6.04. The maximum Gasteiger partial charge on any atom is 0.0392 e. The molecule has 2 N–H and O–H groups in total.